The van der Waals surface area contributed by atoms with Crippen molar-refractivity contribution in [3.8, 4) is 0 Å². The first-order valence-corrected chi connectivity index (χ1v) is 8.16. The van der Waals surface area contributed by atoms with Crippen LogP contribution in [0.25, 0.3) is 11.0 Å². The Hall–Kier alpha value is -0.380. The molecule has 0 aliphatic carbocycles. The van der Waals surface area contributed by atoms with Crippen molar-refractivity contribution in [2.75, 3.05) is 12.0 Å². The van der Waals surface area contributed by atoms with Gasteiger partial charge in [-0.25, -0.2) is 4.98 Å². The number of halogens is 2. The normalized spacial score (nSPS) is 13.1. The zero-order chi connectivity index (χ0) is 13.1. The molecule has 1 unspecified atom stereocenters. The zero-order valence-electron chi connectivity index (χ0n) is 10.5. The third kappa shape index (κ3) is 2.79. The third-order valence-electron chi connectivity index (χ3n) is 2.86. The minimum absolute atomic E-state index is 0.414. The van der Waals surface area contributed by atoms with E-state index in [1.165, 1.54) is 0 Å². The second-order valence-electron chi connectivity index (χ2n) is 4.44. The number of alkyl halides is 1. The summed E-state index contributed by atoms with van der Waals surface area (Å²) in [6.07, 6.45) is 2.12. The van der Waals surface area contributed by atoms with Crippen LogP contribution in [-0.4, -0.2) is 21.6 Å². The summed E-state index contributed by atoms with van der Waals surface area (Å²) in [6, 6.07) is 5.80. The molecule has 1 aromatic heterocycles. The van der Waals surface area contributed by atoms with E-state index < -0.39 is 0 Å². The van der Waals surface area contributed by atoms with E-state index in [9.17, 15) is 0 Å². The second-order valence-corrected chi connectivity index (χ2v) is 6.03. The van der Waals surface area contributed by atoms with Crippen molar-refractivity contribution >= 4 is 46.0 Å². The number of hydrogen-bond donors (Lipinski definition) is 0. The van der Waals surface area contributed by atoms with Gasteiger partial charge in [0.1, 0.15) is 5.82 Å². The second kappa shape index (κ2) is 6.18. The average Bonchev–Trinajstić information content (AvgIpc) is 2.69. The van der Waals surface area contributed by atoms with Crippen LogP contribution >= 0.6 is 35.0 Å². The zero-order valence-corrected chi connectivity index (χ0v) is 12.8. The highest BCUT2D eigenvalue weighted by Crippen LogP contribution is 2.26. The quantitative estimate of drug-likeness (QED) is 0.761. The van der Waals surface area contributed by atoms with Crippen molar-refractivity contribution in [3.05, 3.63) is 29.0 Å². The van der Waals surface area contributed by atoms with Crippen LogP contribution in [-0.2, 0) is 12.4 Å². The smallest absolute Gasteiger partial charge is 0.124 e. The highest BCUT2D eigenvalue weighted by molar-refractivity contribution is 7.98. The Morgan fingerprint density at radius 2 is 2.22 bits per heavy atom. The molecule has 0 N–H and O–H groups in total. The van der Waals surface area contributed by atoms with Crippen LogP contribution in [0.3, 0.4) is 0 Å². The minimum Gasteiger partial charge on any atom is -0.325 e. The molecule has 18 heavy (non-hydrogen) atoms. The van der Waals surface area contributed by atoms with E-state index in [0.29, 0.717) is 11.8 Å². The van der Waals surface area contributed by atoms with E-state index in [2.05, 4.69) is 22.7 Å². The Labute approximate surface area is 122 Å². The first-order chi connectivity index (χ1) is 8.67. The lowest BCUT2D eigenvalue weighted by molar-refractivity contribution is 0.530. The largest absolute Gasteiger partial charge is 0.325 e. The predicted octanol–water partition coefficient (Wildman–Crippen LogP) is 4.43. The fraction of sp³-hybridized carbons (Fsp3) is 0.462. The van der Waals surface area contributed by atoms with Gasteiger partial charge in [0, 0.05) is 6.54 Å². The number of benzene rings is 1. The SMILES string of the molecule is CSCC(C)Cn1c(CCl)nc2cccc(Cl)c21. The summed E-state index contributed by atoms with van der Waals surface area (Å²) >= 11 is 14.1. The summed E-state index contributed by atoms with van der Waals surface area (Å²) in [6.45, 7) is 3.14. The van der Waals surface area contributed by atoms with Gasteiger partial charge >= 0.3 is 0 Å². The fourth-order valence-electron chi connectivity index (χ4n) is 2.14. The maximum Gasteiger partial charge on any atom is 0.124 e. The molecule has 2 aromatic rings. The molecule has 0 saturated heterocycles. The maximum absolute atomic E-state index is 6.28. The number of rotatable bonds is 5. The van der Waals surface area contributed by atoms with E-state index in [0.717, 1.165) is 34.2 Å². The van der Waals surface area contributed by atoms with Crippen molar-refractivity contribution in [3.63, 3.8) is 0 Å². The molecular formula is C13H16Cl2N2S. The minimum atomic E-state index is 0.414. The Morgan fingerprint density at radius 3 is 2.89 bits per heavy atom. The lowest BCUT2D eigenvalue weighted by Crippen LogP contribution is -2.12. The van der Waals surface area contributed by atoms with E-state index >= 15 is 0 Å². The van der Waals surface area contributed by atoms with Crippen LogP contribution in [0.5, 0.6) is 0 Å². The Bertz CT molecular complexity index is 539. The van der Waals surface area contributed by atoms with Crippen molar-refractivity contribution < 1.29 is 0 Å². The molecule has 0 bridgehead atoms. The Morgan fingerprint density at radius 1 is 1.44 bits per heavy atom. The number of fused-ring (bicyclic) bond motifs is 1. The lowest BCUT2D eigenvalue weighted by atomic mass is 10.2. The summed E-state index contributed by atoms with van der Waals surface area (Å²) in [5.74, 6) is 2.99. The molecule has 0 aliphatic rings. The molecule has 1 atom stereocenters. The molecule has 1 aromatic carbocycles. The van der Waals surface area contributed by atoms with Gasteiger partial charge in [-0.15, -0.1) is 11.6 Å². The van der Waals surface area contributed by atoms with E-state index in [1.807, 2.05) is 30.0 Å². The monoisotopic (exact) mass is 302 g/mol. The molecule has 0 radical (unpaired) electrons. The number of nitrogens with zero attached hydrogens (tertiary/aromatic N) is 2. The maximum atomic E-state index is 6.28. The number of hydrogen-bond acceptors (Lipinski definition) is 2. The molecule has 5 heteroatoms. The number of thioether (sulfide) groups is 1. The topological polar surface area (TPSA) is 17.8 Å². The Kier molecular flexibility index (Phi) is 4.82. The van der Waals surface area contributed by atoms with Gasteiger partial charge in [0.25, 0.3) is 0 Å². The van der Waals surface area contributed by atoms with Gasteiger partial charge in [0.2, 0.25) is 0 Å². The van der Waals surface area contributed by atoms with Gasteiger partial charge in [-0.2, -0.15) is 11.8 Å². The number of para-hydroxylation sites is 1. The van der Waals surface area contributed by atoms with Crippen molar-refractivity contribution in [2.24, 2.45) is 5.92 Å². The van der Waals surface area contributed by atoms with Crippen LogP contribution in [0.15, 0.2) is 18.2 Å². The summed E-state index contributed by atoms with van der Waals surface area (Å²) in [7, 11) is 0. The van der Waals surface area contributed by atoms with E-state index in [-0.39, 0.29) is 0 Å². The van der Waals surface area contributed by atoms with Crippen LogP contribution in [0.1, 0.15) is 12.7 Å². The van der Waals surface area contributed by atoms with Gasteiger partial charge < -0.3 is 4.57 Å². The van der Waals surface area contributed by atoms with Gasteiger partial charge in [-0.1, -0.05) is 24.6 Å². The molecule has 0 amide bonds. The fourth-order valence-corrected chi connectivity index (χ4v) is 3.29. The third-order valence-corrected chi connectivity index (χ3v) is 4.31. The van der Waals surface area contributed by atoms with Crippen LogP contribution in [0, 0.1) is 5.92 Å². The molecule has 98 valence electrons. The Balaban J connectivity index is 2.46. The molecule has 0 spiro atoms. The lowest BCUT2D eigenvalue weighted by Gasteiger charge is -2.14. The first-order valence-electron chi connectivity index (χ1n) is 5.86. The molecule has 2 rings (SSSR count). The summed E-state index contributed by atoms with van der Waals surface area (Å²) < 4.78 is 2.16. The van der Waals surface area contributed by atoms with Gasteiger partial charge in [0.05, 0.1) is 21.9 Å². The van der Waals surface area contributed by atoms with Crippen molar-refractivity contribution in [1.82, 2.24) is 9.55 Å². The highest BCUT2D eigenvalue weighted by atomic mass is 35.5. The molecule has 0 aliphatic heterocycles. The first kappa shape index (κ1) is 14.0. The molecule has 1 heterocycles. The molecule has 2 nitrogen and oxygen atoms in total. The van der Waals surface area contributed by atoms with E-state index in [4.69, 9.17) is 23.2 Å². The van der Waals surface area contributed by atoms with Gasteiger partial charge in [-0.3, -0.25) is 0 Å². The predicted molar refractivity (Wildman–Crippen MR) is 81.8 cm³/mol. The van der Waals surface area contributed by atoms with Gasteiger partial charge in [-0.05, 0) is 30.1 Å². The summed E-state index contributed by atoms with van der Waals surface area (Å²) in [4.78, 5) is 4.54. The molecule has 0 saturated carbocycles. The summed E-state index contributed by atoms with van der Waals surface area (Å²) in [5, 5.41) is 0.743. The van der Waals surface area contributed by atoms with Crippen LogP contribution in [0.2, 0.25) is 5.02 Å². The molecular weight excluding hydrogens is 287 g/mol. The number of aromatic nitrogens is 2. The van der Waals surface area contributed by atoms with Crippen LogP contribution < -0.4 is 0 Å². The van der Waals surface area contributed by atoms with Crippen molar-refractivity contribution in [2.45, 2.75) is 19.3 Å². The number of imidazole rings is 1. The van der Waals surface area contributed by atoms with Gasteiger partial charge in [0.15, 0.2) is 0 Å². The summed E-state index contributed by atoms with van der Waals surface area (Å²) in [5.41, 5.74) is 1.93. The standard InChI is InChI=1S/C13H16Cl2N2S/c1-9(8-18-2)7-17-12(6-14)16-11-5-3-4-10(15)13(11)17/h3-5,9H,6-8H2,1-2H3. The molecule has 0 fully saturated rings. The van der Waals surface area contributed by atoms with Crippen molar-refractivity contribution in [1.29, 1.82) is 0 Å². The highest BCUT2D eigenvalue weighted by Gasteiger charge is 2.14. The van der Waals surface area contributed by atoms with E-state index in [1.54, 1.807) is 0 Å². The van der Waals surface area contributed by atoms with Crippen LogP contribution in [0.4, 0.5) is 0 Å². The average molecular weight is 303 g/mol.